The molecule has 2 saturated heterocycles. The molecule has 1 atom stereocenters. The van der Waals surface area contributed by atoms with Crippen LogP contribution in [0.5, 0.6) is 0 Å². The van der Waals surface area contributed by atoms with Gasteiger partial charge in [-0.2, -0.15) is 0 Å². The summed E-state index contributed by atoms with van der Waals surface area (Å²) in [5.41, 5.74) is 0. The minimum atomic E-state index is -0.304. The highest BCUT2D eigenvalue weighted by molar-refractivity contribution is 5.74. The molecule has 1 unspecified atom stereocenters. The summed E-state index contributed by atoms with van der Waals surface area (Å²) in [6.45, 7) is 3.56. The van der Waals surface area contributed by atoms with E-state index in [-0.39, 0.29) is 29.7 Å². The number of rotatable bonds is 4. The summed E-state index contributed by atoms with van der Waals surface area (Å²) >= 11 is 0. The van der Waals surface area contributed by atoms with Crippen molar-refractivity contribution in [2.75, 3.05) is 33.5 Å². The zero-order chi connectivity index (χ0) is 16.4. The number of hydrogen-bond donors (Lipinski definition) is 0. The summed E-state index contributed by atoms with van der Waals surface area (Å²) < 4.78 is 19.1. The lowest BCUT2D eigenvalue weighted by atomic mass is 10.0. The minimum Gasteiger partial charge on any atom is -0.469 e. The third-order valence-corrected chi connectivity index (χ3v) is 3.57. The highest BCUT2D eigenvalue weighted by Crippen LogP contribution is 2.17. The van der Waals surface area contributed by atoms with Crippen molar-refractivity contribution in [1.82, 2.24) is 0 Å². The zero-order valence-electron chi connectivity index (χ0n) is 13.2. The monoisotopic (exact) mass is 316 g/mol. The molecule has 0 aliphatic carbocycles. The van der Waals surface area contributed by atoms with Crippen LogP contribution in [0, 0.1) is 11.8 Å². The van der Waals surface area contributed by atoms with Crippen molar-refractivity contribution < 1.29 is 33.3 Å². The van der Waals surface area contributed by atoms with Crippen molar-refractivity contribution in [2.24, 2.45) is 11.8 Å². The first-order valence-electron chi connectivity index (χ1n) is 7.50. The Morgan fingerprint density at radius 3 is 2.36 bits per heavy atom. The van der Waals surface area contributed by atoms with Gasteiger partial charge in [-0.15, -0.1) is 0 Å². The molecule has 7 nitrogen and oxygen atoms in total. The smallest absolute Gasteiger partial charge is 0.309 e. The summed E-state index contributed by atoms with van der Waals surface area (Å²) in [5.74, 6) is -0.546. The first-order valence-corrected chi connectivity index (χ1v) is 7.50. The van der Waals surface area contributed by atoms with Crippen molar-refractivity contribution in [1.29, 1.82) is 0 Å². The average Bonchev–Trinajstić information content (AvgIpc) is 2.93. The first kappa shape index (κ1) is 18.4. The molecular formula is C15H24O7. The maximum absolute atomic E-state index is 10.9. The van der Waals surface area contributed by atoms with Gasteiger partial charge in [0, 0.05) is 20.1 Å². The molecule has 2 aliphatic heterocycles. The van der Waals surface area contributed by atoms with Crippen molar-refractivity contribution >= 4 is 17.9 Å². The van der Waals surface area contributed by atoms with E-state index in [1.165, 1.54) is 14.0 Å². The summed E-state index contributed by atoms with van der Waals surface area (Å²) in [5, 5.41) is 0. The molecule has 0 aromatic carbocycles. The van der Waals surface area contributed by atoms with E-state index in [0.717, 1.165) is 19.3 Å². The second-order valence-electron chi connectivity index (χ2n) is 5.19. The van der Waals surface area contributed by atoms with E-state index in [1.807, 2.05) is 0 Å². The number of methoxy groups -OCH3 is 1. The van der Waals surface area contributed by atoms with Crippen molar-refractivity contribution in [3.05, 3.63) is 0 Å². The fourth-order valence-corrected chi connectivity index (χ4v) is 2.24. The predicted octanol–water partition coefficient (Wildman–Crippen LogP) is 1.09. The van der Waals surface area contributed by atoms with Gasteiger partial charge in [-0.1, -0.05) is 0 Å². The van der Waals surface area contributed by atoms with Crippen LogP contribution in [0.1, 0.15) is 32.6 Å². The molecule has 2 heterocycles. The van der Waals surface area contributed by atoms with Crippen LogP contribution in [-0.4, -0.2) is 51.4 Å². The van der Waals surface area contributed by atoms with Crippen LogP contribution in [0.15, 0.2) is 0 Å². The molecular weight excluding hydrogens is 292 g/mol. The van der Waals surface area contributed by atoms with Crippen molar-refractivity contribution in [3.63, 3.8) is 0 Å². The molecule has 126 valence electrons. The van der Waals surface area contributed by atoms with Gasteiger partial charge in [0.1, 0.15) is 0 Å². The lowest BCUT2D eigenvalue weighted by molar-refractivity contribution is -0.148. The van der Waals surface area contributed by atoms with E-state index >= 15 is 0 Å². The average molecular weight is 316 g/mol. The fourth-order valence-electron chi connectivity index (χ4n) is 2.24. The Hall–Kier alpha value is -1.63. The predicted molar refractivity (Wildman–Crippen MR) is 75.9 cm³/mol. The number of ether oxygens (including phenoxy) is 4. The summed E-state index contributed by atoms with van der Waals surface area (Å²) in [4.78, 5) is 32.1. The molecule has 0 aromatic rings. The van der Waals surface area contributed by atoms with E-state index in [4.69, 9.17) is 14.2 Å². The molecule has 0 radical (unpaired) electrons. The van der Waals surface area contributed by atoms with E-state index in [1.54, 1.807) is 0 Å². The van der Waals surface area contributed by atoms with E-state index < -0.39 is 0 Å². The van der Waals surface area contributed by atoms with Crippen molar-refractivity contribution in [2.45, 2.75) is 32.6 Å². The van der Waals surface area contributed by atoms with Gasteiger partial charge in [0.2, 0.25) is 0 Å². The highest BCUT2D eigenvalue weighted by Gasteiger charge is 2.26. The molecule has 2 rings (SSSR count). The molecule has 22 heavy (non-hydrogen) atoms. The van der Waals surface area contributed by atoms with E-state index in [9.17, 15) is 14.4 Å². The quantitative estimate of drug-likeness (QED) is 0.566. The Morgan fingerprint density at radius 2 is 1.86 bits per heavy atom. The van der Waals surface area contributed by atoms with Crippen LogP contribution in [0.3, 0.4) is 0 Å². The van der Waals surface area contributed by atoms with Crippen LogP contribution >= 0.6 is 0 Å². The standard InChI is InChI=1S/C8H12O4.C7H12O3/c1-6(9)11-4-2-7-3-5-12-8(7)10;1-9-7(8)6-2-4-10-5-3-6/h7H,2-5H2,1H3;6H,2-5H2,1H3. The molecule has 0 spiro atoms. The molecule has 7 heteroatoms. The normalized spacial score (nSPS) is 21.4. The molecule has 2 aliphatic rings. The fraction of sp³-hybridized carbons (Fsp3) is 0.800. The largest absolute Gasteiger partial charge is 0.469 e. The Balaban J connectivity index is 0.000000224. The van der Waals surface area contributed by atoms with Crippen LogP contribution in [0.4, 0.5) is 0 Å². The number of carbonyl (C=O) groups is 3. The van der Waals surface area contributed by atoms with Gasteiger partial charge in [0.05, 0.1) is 32.2 Å². The minimum absolute atomic E-state index is 0.0654. The van der Waals surface area contributed by atoms with E-state index in [0.29, 0.717) is 32.8 Å². The summed E-state index contributed by atoms with van der Waals surface area (Å²) in [6, 6.07) is 0. The van der Waals surface area contributed by atoms with Gasteiger partial charge in [-0.25, -0.2) is 0 Å². The number of cyclic esters (lactones) is 1. The van der Waals surface area contributed by atoms with Crippen LogP contribution in [-0.2, 0) is 33.3 Å². The molecule has 0 aromatic heterocycles. The summed E-state index contributed by atoms with van der Waals surface area (Å²) in [6.07, 6.45) is 2.96. The number of hydrogen-bond acceptors (Lipinski definition) is 7. The molecule has 0 bridgehead atoms. The second-order valence-corrected chi connectivity index (χ2v) is 5.19. The van der Waals surface area contributed by atoms with Gasteiger partial charge in [-0.3, -0.25) is 14.4 Å². The van der Waals surface area contributed by atoms with Crippen LogP contribution in [0.2, 0.25) is 0 Å². The Bertz CT molecular complexity index is 374. The SMILES string of the molecule is CC(=O)OCCC1CCOC1=O.COC(=O)C1CCOCC1. The summed E-state index contributed by atoms with van der Waals surface area (Å²) in [7, 11) is 1.43. The number of esters is 3. The second kappa shape index (κ2) is 10.2. The molecule has 0 saturated carbocycles. The molecule has 0 N–H and O–H groups in total. The van der Waals surface area contributed by atoms with Crippen LogP contribution in [0.25, 0.3) is 0 Å². The lowest BCUT2D eigenvalue weighted by Crippen LogP contribution is -2.24. The maximum atomic E-state index is 10.9. The Labute approximate surface area is 130 Å². The Morgan fingerprint density at radius 1 is 1.18 bits per heavy atom. The maximum Gasteiger partial charge on any atom is 0.309 e. The van der Waals surface area contributed by atoms with Gasteiger partial charge < -0.3 is 18.9 Å². The lowest BCUT2D eigenvalue weighted by Gasteiger charge is -2.19. The van der Waals surface area contributed by atoms with Crippen molar-refractivity contribution in [3.8, 4) is 0 Å². The van der Waals surface area contributed by atoms with E-state index in [2.05, 4.69) is 4.74 Å². The van der Waals surface area contributed by atoms with Gasteiger partial charge in [0.25, 0.3) is 0 Å². The van der Waals surface area contributed by atoms with Gasteiger partial charge in [0.15, 0.2) is 0 Å². The topological polar surface area (TPSA) is 88.1 Å². The highest BCUT2D eigenvalue weighted by atomic mass is 16.5. The first-order chi connectivity index (χ1) is 10.5. The number of carbonyl (C=O) groups excluding carboxylic acids is 3. The molecule has 2 fully saturated rings. The van der Waals surface area contributed by atoms with Crippen LogP contribution < -0.4 is 0 Å². The third kappa shape index (κ3) is 6.89. The Kier molecular flexibility index (Phi) is 8.50. The van der Waals surface area contributed by atoms with Gasteiger partial charge >= 0.3 is 17.9 Å². The molecule has 0 amide bonds. The van der Waals surface area contributed by atoms with Gasteiger partial charge in [-0.05, 0) is 25.7 Å². The third-order valence-electron chi connectivity index (χ3n) is 3.57. The zero-order valence-corrected chi connectivity index (χ0v) is 13.2.